The molecule has 0 radical (unpaired) electrons. The molecule has 0 spiro atoms. The van der Waals surface area contributed by atoms with Gasteiger partial charge < -0.3 is 19.6 Å². The molecule has 4 nitrogen and oxygen atoms in total. The van der Waals surface area contributed by atoms with E-state index in [2.05, 4.69) is 136 Å². The van der Waals surface area contributed by atoms with E-state index in [-0.39, 0.29) is 0 Å². The van der Waals surface area contributed by atoms with Crippen molar-refractivity contribution in [3.05, 3.63) is 53.8 Å². The van der Waals surface area contributed by atoms with E-state index in [1.165, 1.54) is 22.7 Å². The van der Waals surface area contributed by atoms with E-state index < -0.39 is 0 Å². The van der Waals surface area contributed by atoms with Crippen molar-refractivity contribution in [3.63, 3.8) is 0 Å². The average Bonchev–Trinajstić information content (AvgIpc) is 2.95. The van der Waals surface area contributed by atoms with Crippen LogP contribution in [0.2, 0.25) is 0 Å². The summed E-state index contributed by atoms with van der Waals surface area (Å²) in [4.78, 5) is 8.96. The molecule has 0 N–H and O–H groups in total. The number of anilines is 4. The Morgan fingerprint density at radius 2 is 0.654 bits per heavy atom. The second-order valence-electron chi connectivity index (χ2n) is 6.39. The minimum atomic E-state index is 1.05. The number of halogens is 4. The van der Waals surface area contributed by atoms with Crippen molar-refractivity contribution in [1.29, 1.82) is 0 Å². The van der Waals surface area contributed by atoms with Gasteiger partial charge in [0.2, 0.25) is 0 Å². The molecular formula is C18H16Br4N4. The molecule has 0 saturated carbocycles. The highest BCUT2D eigenvalue weighted by Gasteiger charge is 2.37. The van der Waals surface area contributed by atoms with E-state index in [1.54, 1.807) is 0 Å². The topological polar surface area (TPSA) is 13.0 Å². The lowest BCUT2D eigenvalue weighted by Crippen LogP contribution is -2.34. The molecule has 0 fully saturated rings. The SMILES string of the molecule is CN1C(=C2N(C)c3cc(Br)c(Br)cc3N2C)N(C)c2cc(Br)c(Br)cc21. The maximum absolute atomic E-state index is 3.62. The predicted octanol–water partition coefficient (Wildman–Crippen LogP) is 6.34. The number of nitrogens with zero attached hydrogens (tertiary/aromatic N) is 4. The van der Waals surface area contributed by atoms with Crippen molar-refractivity contribution in [2.75, 3.05) is 47.8 Å². The van der Waals surface area contributed by atoms with Crippen molar-refractivity contribution >= 4 is 86.5 Å². The first-order valence-corrected chi connectivity index (χ1v) is 11.1. The average molecular weight is 608 g/mol. The van der Waals surface area contributed by atoms with E-state index >= 15 is 0 Å². The van der Waals surface area contributed by atoms with Gasteiger partial charge >= 0.3 is 0 Å². The molecule has 0 amide bonds. The number of benzene rings is 2. The largest absolute Gasteiger partial charge is 0.326 e. The van der Waals surface area contributed by atoms with Gasteiger partial charge in [-0.1, -0.05) is 0 Å². The van der Waals surface area contributed by atoms with Crippen LogP contribution < -0.4 is 19.6 Å². The Morgan fingerprint density at radius 1 is 0.462 bits per heavy atom. The highest BCUT2D eigenvalue weighted by atomic mass is 79.9. The Bertz CT molecular complexity index is 821. The highest BCUT2D eigenvalue weighted by Crippen LogP contribution is 2.49. The maximum Gasteiger partial charge on any atom is 0.155 e. The van der Waals surface area contributed by atoms with Crippen LogP contribution in [-0.2, 0) is 0 Å². The van der Waals surface area contributed by atoms with Crippen LogP contribution in [0.15, 0.2) is 53.8 Å². The smallest absolute Gasteiger partial charge is 0.155 e. The van der Waals surface area contributed by atoms with Gasteiger partial charge in [0.1, 0.15) is 0 Å². The standard InChI is InChI=1S/C18H16Br4N4/c1-23-13-5-9(19)10(20)6-14(13)24(2)17(23)18-25(3)15-7-11(21)12(22)8-16(15)26(18)4/h5-8H,1-4H3. The van der Waals surface area contributed by atoms with Gasteiger partial charge in [0, 0.05) is 46.1 Å². The lowest BCUT2D eigenvalue weighted by atomic mass is 10.2. The van der Waals surface area contributed by atoms with E-state index in [9.17, 15) is 0 Å². The second kappa shape index (κ2) is 6.43. The Labute approximate surface area is 186 Å². The highest BCUT2D eigenvalue weighted by molar-refractivity contribution is 9.13. The first-order valence-electron chi connectivity index (χ1n) is 7.89. The molecule has 0 unspecified atom stereocenters. The molecule has 4 rings (SSSR count). The molecular weight excluding hydrogens is 592 g/mol. The molecule has 2 aromatic rings. The molecule has 2 aliphatic rings. The van der Waals surface area contributed by atoms with Crippen LogP contribution in [0, 0.1) is 0 Å². The number of fused-ring (bicyclic) bond motifs is 2. The Morgan fingerprint density at radius 3 is 0.846 bits per heavy atom. The van der Waals surface area contributed by atoms with E-state index in [0.29, 0.717) is 0 Å². The van der Waals surface area contributed by atoms with Crippen LogP contribution in [0.1, 0.15) is 0 Å². The van der Waals surface area contributed by atoms with Gasteiger partial charge in [0.15, 0.2) is 11.6 Å². The molecule has 0 aliphatic carbocycles. The Balaban J connectivity index is 1.90. The zero-order chi connectivity index (χ0) is 18.9. The summed E-state index contributed by atoms with van der Waals surface area (Å²) in [6.45, 7) is 0. The normalized spacial score (nSPS) is 16.0. The van der Waals surface area contributed by atoms with Crippen molar-refractivity contribution in [3.8, 4) is 0 Å². The lowest BCUT2D eigenvalue weighted by molar-refractivity contribution is 0.931. The van der Waals surface area contributed by atoms with Crippen LogP contribution in [0.3, 0.4) is 0 Å². The fourth-order valence-corrected chi connectivity index (χ4v) is 4.96. The zero-order valence-corrected chi connectivity index (χ0v) is 21.0. The van der Waals surface area contributed by atoms with Gasteiger partial charge in [-0.05, 0) is 88.0 Å². The minimum absolute atomic E-state index is 1.05. The summed E-state index contributed by atoms with van der Waals surface area (Å²) in [7, 11) is 8.45. The van der Waals surface area contributed by atoms with Crippen LogP contribution in [0.5, 0.6) is 0 Å². The van der Waals surface area contributed by atoms with Crippen molar-refractivity contribution < 1.29 is 0 Å². The summed E-state index contributed by atoms with van der Waals surface area (Å²) in [5.74, 6) is 2.27. The third-order valence-electron chi connectivity index (χ3n) is 4.95. The Hall–Kier alpha value is -0.700. The first-order chi connectivity index (χ1) is 12.2. The molecule has 0 saturated heterocycles. The predicted molar refractivity (Wildman–Crippen MR) is 124 cm³/mol. The van der Waals surface area contributed by atoms with Crippen molar-refractivity contribution in [1.82, 2.24) is 0 Å². The number of hydrogen-bond donors (Lipinski definition) is 0. The van der Waals surface area contributed by atoms with Gasteiger partial charge in [-0.25, -0.2) is 0 Å². The van der Waals surface area contributed by atoms with E-state index in [0.717, 1.165) is 29.5 Å². The molecule has 2 aromatic carbocycles. The third-order valence-corrected chi connectivity index (χ3v) is 8.64. The van der Waals surface area contributed by atoms with Gasteiger partial charge in [-0.3, -0.25) is 0 Å². The van der Waals surface area contributed by atoms with Gasteiger partial charge in [-0.15, -0.1) is 0 Å². The van der Waals surface area contributed by atoms with Gasteiger partial charge in [0.25, 0.3) is 0 Å². The summed E-state index contributed by atoms with van der Waals surface area (Å²) in [5, 5.41) is 0. The number of hydrogen-bond acceptors (Lipinski definition) is 4. The molecule has 8 heteroatoms. The van der Waals surface area contributed by atoms with E-state index in [1.807, 2.05) is 0 Å². The quantitative estimate of drug-likeness (QED) is 0.347. The van der Waals surface area contributed by atoms with Crippen LogP contribution >= 0.6 is 63.7 Å². The third kappa shape index (κ3) is 2.56. The second-order valence-corrected chi connectivity index (χ2v) is 9.81. The monoisotopic (exact) mass is 604 g/mol. The van der Waals surface area contributed by atoms with Crippen LogP contribution in [0.4, 0.5) is 22.7 Å². The maximum atomic E-state index is 3.62. The molecule has 2 aliphatic heterocycles. The minimum Gasteiger partial charge on any atom is -0.326 e. The fourth-order valence-electron chi connectivity index (χ4n) is 3.63. The lowest BCUT2D eigenvalue weighted by Gasteiger charge is -2.28. The van der Waals surface area contributed by atoms with Crippen LogP contribution in [-0.4, -0.2) is 28.2 Å². The van der Waals surface area contributed by atoms with E-state index in [4.69, 9.17) is 0 Å². The molecule has 136 valence electrons. The molecule has 0 aromatic heterocycles. The summed E-state index contributed by atoms with van der Waals surface area (Å²) in [5.41, 5.74) is 4.69. The summed E-state index contributed by atoms with van der Waals surface area (Å²) in [6, 6.07) is 8.61. The molecule has 2 heterocycles. The van der Waals surface area contributed by atoms with Crippen molar-refractivity contribution in [2.24, 2.45) is 0 Å². The fraction of sp³-hybridized carbons (Fsp3) is 0.222. The van der Waals surface area contributed by atoms with Crippen molar-refractivity contribution in [2.45, 2.75) is 0 Å². The van der Waals surface area contributed by atoms with Gasteiger partial charge in [-0.2, -0.15) is 0 Å². The van der Waals surface area contributed by atoms with Gasteiger partial charge in [0.05, 0.1) is 22.7 Å². The Kier molecular flexibility index (Phi) is 4.61. The van der Waals surface area contributed by atoms with Crippen LogP contribution in [0.25, 0.3) is 0 Å². The molecule has 26 heavy (non-hydrogen) atoms. The number of rotatable bonds is 0. The zero-order valence-electron chi connectivity index (χ0n) is 14.6. The summed E-state index contributed by atoms with van der Waals surface area (Å²) >= 11 is 14.5. The first kappa shape index (κ1) is 18.7. The molecule has 0 bridgehead atoms. The summed E-state index contributed by atoms with van der Waals surface area (Å²) in [6.07, 6.45) is 0. The summed E-state index contributed by atoms with van der Waals surface area (Å²) < 4.78 is 4.19. The molecule has 0 atom stereocenters.